The summed E-state index contributed by atoms with van der Waals surface area (Å²) >= 11 is 0. The van der Waals surface area contributed by atoms with E-state index in [1.807, 2.05) is 6.92 Å². The number of halogens is 2. The number of amides is 3. The van der Waals surface area contributed by atoms with Gasteiger partial charge in [-0.1, -0.05) is 0 Å². The monoisotopic (exact) mass is 514 g/mol. The Labute approximate surface area is 211 Å². The van der Waals surface area contributed by atoms with Gasteiger partial charge in [-0.2, -0.15) is 0 Å². The Morgan fingerprint density at radius 2 is 1.89 bits per heavy atom. The molecule has 0 aliphatic carbocycles. The molecule has 0 saturated carbocycles. The first-order valence-corrected chi connectivity index (χ1v) is 12.2. The standard InChI is InChI=1S/C26H28F2N4O5/c1-13-6-17(27)15(18(28)7-13)9-29-24(36)16-10-32-19-11-31(25(37)21(32)23(35)22(16)34)14(2)4-5-26(19)8-20(33)30(3)12-26/h6-7,10,14,19,35H,4-5,8-9,11-12H2,1-3H3,(H,29,36)/t14-,19+,26-/m0/s1. The third-order valence-electron chi connectivity index (χ3n) is 8.12. The fourth-order valence-electron chi connectivity index (χ4n) is 6.03. The van der Waals surface area contributed by atoms with Crippen molar-refractivity contribution in [3.8, 4) is 5.75 Å². The average Bonchev–Trinajstić information content (AvgIpc) is 3.05. The van der Waals surface area contributed by atoms with Gasteiger partial charge in [-0.15, -0.1) is 0 Å². The van der Waals surface area contributed by atoms with Gasteiger partial charge in [0, 0.05) is 56.3 Å². The number of rotatable bonds is 3. The second-order valence-corrected chi connectivity index (χ2v) is 10.5. The van der Waals surface area contributed by atoms with Crippen molar-refractivity contribution < 1.29 is 28.3 Å². The topological polar surface area (TPSA) is 112 Å². The zero-order valence-electron chi connectivity index (χ0n) is 20.8. The number of hydrogen-bond donors (Lipinski definition) is 2. The van der Waals surface area contributed by atoms with E-state index in [2.05, 4.69) is 5.32 Å². The molecule has 2 bridgehead atoms. The number of nitrogens with zero attached hydrogens (tertiary/aromatic N) is 3. The smallest absolute Gasteiger partial charge is 0.274 e. The van der Waals surface area contributed by atoms with Crippen LogP contribution >= 0.6 is 0 Å². The summed E-state index contributed by atoms with van der Waals surface area (Å²) in [6.07, 6.45) is 2.75. The maximum atomic E-state index is 14.2. The molecular weight excluding hydrogens is 486 g/mol. The molecule has 2 N–H and O–H groups in total. The Morgan fingerprint density at radius 3 is 2.51 bits per heavy atom. The number of benzene rings is 1. The van der Waals surface area contributed by atoms with Crippen molar-refractivity contribution in [2.75, 3.05) is 20.1 Å². The summed E-state index contributed by atoms with van der Waals surface area (Å²) in [5, 5.41) is 13.2. The molecule has 2 saturated heterocycles. The minimum absolute atomic E-state index is 0.0371. The van der Waals surface area contributed by atoms with E-state index in [-0.39, 0.29) is 36.2 Å². The van der Waals surface area contributed by atoms with E-state index in [1.54, 1.807) is 16.8 Å². The Hall–Kier alpha value is -3.76. The van der Waals surface area contributed by atoms with Crippen molar-refractivity contribution in [1.82, 2.24) is 19.7 Å². The average molecular weight is 515 g/mol. The fraction of sp³-hybridized carbons (Fsp3) is 0.462. The molecule has 196 valence electrons. The van der Waals surface area contributed by atoms with E-state index >= 15 is 0 Å². The highest BCUT2D eigenvalue weighted by atomic mass is 19.1. The molecule has 3 atom stereocenters. The molecule has 2 aromatic rings. The lowest BCUT2D eigenvalue weighted by Gasteiger charge is -2.43. The van der Waals surface area contributed by atoms with E-state index in [1.165, 1.54) is 17.7 Å². The second kappa shape index (κ2) is 8.67. The number of fused-ring (bicyclic) bond motifs is 5. The van der Waals surface area contributed by atoms with Crippen molar-refractivity contribution in [2.24, 2.45) is 5.41 Å². The maximum Gasteiger partial charge on any atom is 0.274 e. The molecule has 2 fully saturated rings. The molecule has 37 heavy (non-hydrogen) atoms. The van der Waals surface area contributed by atoms with E-state index < -0.39 is 58.2 Å². The predicted octanol–water partition coefficient (Wildman–Crippen LogP) is 2.10. The van der Waals surface area contributed by atoms with Gasteiger partial charge in [0.15, 0.2) is 11.4 Å². The number of hydrogen-bond acceptors (Lipinski definition) is 5. The van der Waals surface area contributed by atoms with Crippen LogP contribution in [0, 0.1) is 24.0 Å². The van der Waals surface area contributed by atoms with Crippen LogP contribution in [0.25, 0.3) is 0 Å². The number of aromatic nitrogens is 1. The summed E-state index contributed by atoms with van der Waals surface area (Å²) < 4.78 is 30.0. The highest BCUT2D eigenvalue weighted by Gasteiger charge is 2.54. The first kappa shape index (κ1) is 24.9. The number of pyridine rings is 1. The normalized spacial score (nSPS) is 24.9. The minimum Gasteiger partial charge on any atom is -0.503 e. The van der Waals surface area contributed by atoms with E-state index in [9.17, 15) is 33.1 Å². The van der Waals surface area contributed by atoms with Gasteiger partial charge in [-0.3, -0.25) is 19.2 Å². The number of aromatic hydroxyl groups is 1. The molecule has 9 nitrogen and oxygen atoms in total. The summed E-state index contributed by atoms with van der Waals surface area (Å²) in [6, 6.07) is 1.63. The predicted molar refractivity (Wildman–Crippen MR) is 128 cm³/mol. The van der Waals surface area contributed by atoms with Crippen LogP contribution in [0.4, 0.5) is 8.78 Å². The van der Waals surface area contributed by atoms with Gasteiger partial charge < -0.3 is 24.8 Å². The molecule has 4 heterocycles. The summed E-state index contributed by atoms with van der Waals surface area (Å²) in [5.41, 5.74) is -2.28. The highest BCUT2D eigenvalue weighted by Crippen LogP contribution is 2.50. The first-order valence-electron chi connectivity index (χ1n) is 12.2. The maximum absolute atomic E-state index is 14.2. The Bertz CT molecular complexity index is 1380. The molecule has 3 amide bonds. The number of carbonyl (C=O) groups excluding carboxylic acids is 3. The number of aryl methyl sites for hydroxylation is 1. The van der Waals surface area contributed by atoms with Crippen LogP contribution in [-0.2, 0) is 11.3 Å². The van der Waals surface area contributed by atoms with Crippen LogP contribution in [0.2, 0.25) is 0 Å². The lowest BCUT2D eigenvalue weighted by Crippen LogP contribution is -2.50. The SMILES string of the molecule is Cc1cc(F)c(CNC(=O)c2cn3c(c(O)c2=O)C(=O)N2C[C@@H]3[C@@]3(CC[C@@H]2C)CC(=O)N(C)C3)c(F)c1. The minimum atomic E-state index is -1.05. The van der Waals surface area contributed by atoms with Crippen molar-refractivity contribution in [3.05, 3.63) is 62.6 Å². The Morgan fingerprint density at radius 1 is 1.22 bits per heavy atom. The van der Waals surface area contributed by atoms with Gasteiger partial charge in [0.05, 0.1) is 6.04 Å². The molecule has 0 radical (unpaired) electrons. The van der Waals surface area contributed by atoms with Crippen LogP contribution in [-0.4, -0.2) is 63.4 Å². The first-order chi connectivity index (χ1) is 17.4. The van der Waals surface area contributed by atoms with Crippen LogP contribution in [0.1, 0.15) is 64.2 Å². The van der Waals surface area contributed by atoms with E-state index in [0.29, 0.717) is 24.9 Å². The molecule has 1 spiro atoms. The van der Waals surface area contributed by atoms with Crippen LogP contribution in [0.5, 0.6) is 5.75 Å². The quantitative estimate of drug-likeness (QED) is 0.652. The second-order valence-electron chi connectivity index (χ2n) is 10.5. The van der Waals surface area contributed by atoms with Gasteiger partial charge in [-0.25, -0.2) is 8.78 Å². The zero-order valence-corrected chi connectivity index (χ0v) is 20.8. The van der Waals surface area contributed by atoms with Crippen molar-refractivity contribution in [1.29, 1.82) is 0 Å². The van der Waals surface area contributed by atoms with E-state index in [0.717, 1.165) is 12.1 Å². The van der Waals surface area contributed by atoms with Crippen molar-refractivity contribution >= 4 is 17.7 Å². The highest BCUT2D eigenvalue weighted by molar-refractivity contribution is 5.99. The van der Waals surface area contributed by atoms with Crippen molar-refractivity contribution in [3.63, 3.8) is 0 Å². The molecule has 5 rings (SSSR count). The third-order valence-corrected chi connectivity index (χ3v) is 8.12. The van der Waals surface area contributed by atoms with Crippen LogP contribution in [0.15, 0.2) is 23.1 Å². The fourth-order valence-corrected chi connectivity index (χ4v) is 6.03. The lowest BCUT2D eigenvalue weighted by molar-refractivity contribution is -0.126. The summed E-state index contributed by atoms with van der Waals surface area (Å²) in [4.78, 5) is 55.2. The number of carbonyl (C=O) groups is 3. The van der Waals surface area contributed by atoms with Crippen molar-refractivity contribution in [2.45, 2.75) is 51.7 Å². The van der Waals surface area contributed by atoms with Gasteiger partial charge in [0.25, 0.3) is 11.8 Å². The van der Waals surface area contributed by atoms with Crippen LogP contribution in [0.3, 0.4) is 0 Å². The molecule has 3 aliphatic rings. The lowest BCUT2D eigenvalue weighted by atomic mass is 9.75. The van der Waals surface area contributed by atoms with Crippen LogP contribution < -0.4 is 10.7 Å². The zero-order chi connectivity index (χ0) is 26.8. The van der Waals surface area contributed by atoms with Gasteiger partial charge >= 0.3 is 0 Å². The molecule has 0 unspecified atom stereocenters. The Kier molecular flexibility index (Phi) is 5.84. The molecule has 11 heteroatoms. The Balaban J connectivity index is 1.56. The summed E-state index contributed by atoms with van der Waals surface area (Å²) in [6.45, 7) is 3.60. The molecule has 1 aromatic carbocycles. The van der Waals surface area contributed by atoms with Gasteiger partial charge in [0.1, 0.15) is 17.2 Å². The number of nitrogens with one attached hydrogen (secondary N) is 1. The summed E-state index contributed by atoms with van der Waals surface area (Å²) in [7, 11) is 1.71. The summed E-state index contributed by atoms with van der Waals surface area (Å²) in [5.74, 6) is -4.03. The molecule has 3 aliphatic heterocycles. The molecular formula is C26H28F2N4O5. The van der Waals surface area contributed by atoms with E-state index in [4.69, 9.17) is 0 Å². The molecule has 1 aromatic heterocycles. The number of likely N-dealkylation sites (tertiary alicyclic amines) is 1. The van der Waals surface area contributed by atoms with Gasteiger partial charge in [-0.05, 0) is 44.4 Å². The third kappa shape index (κ3) is 3.87. The van der Waals surface area contributed by atoms with Gasteiger partial charge in [0.2, 0.25) is 11.3 Å². The largest absolute Gasteiger partial charge is 0.503 e.